The van der Waals surface area contributed by atoms with E-state index in [4.69, 9.17) is 9.47 Å². The molecule has 3 aliphatic rings. The molecule has 3 heterocycles. The predicted octanol–water partition coefficient (Wildman–Crippen LogP) is 1.32. The second kappa shape index (κ2) is 7.76. The maximum absolute atomic E-state index is 12.8. The zero-order valence-corrected chi connectivity index (χ0v) is 15.9. The Balaban J connectivity index is 1.25. The summed E-state index contributed by atoms with van der Waals surface area (Å²) in [6.07, 6.45) is 1.58. The Labute approximate surface area is 159 Å². The molecule has 27 heavy (non-hydrogen) atoms. The molecule has 0 unspecified atom stereocenters. The van der Waals surface area contributed by atoms with Crippen LogP contribution in [0.15, 0.2) is 18.2 Å². The fourth-order valence-corrected chi connectivity index (χ4v) is 4.12. The molecule has 0 radical (unpaired) electrons. The second-order valence-corrected chi connectivity index (χ2v) is 7.57. The zero-order chi connectivity index (χ0) is 18.8. The van der Waals surface area contributed by atoms with Crippen molar-refractivity contribution >= 4 is 11.8 Å². The van der Waals surface area contributed by atoms with Gasteiger partial charge in [0, 0.05) is 58.7 Å². The second-order valence-electron chi connectivity index (χ2n) is 7.57. The first-order valence-corrected chi connectivity index (χ1v) is 9.75. The first kappa shape index (κ1) is 18.1. The summed E-state index contributed by atoms with van der Waals surface area (Å²) in [5.41, 5.74) is 1.20. The molecule has 2 saturated heterocycles. The van der Waals surface area contributed by atoms with Crippen LogP contribution in [0.2, 0.25) is 0 Å². The Kier molecular flexibility index (Phi) is 5.20. The van der Waals surface area contributed by atoms with Gasteiger partial charge in [0.05, 0.1) is 0 Å². The molecular weight excluding hydrogens is 346 g/mol. The zero-order valence-electron chi connectivity index (χ0n) is 15.9. The fourth-order valence-electron chi connectivity index (χ4n) is 4.12. The smallest absolute Gasteiger partial charge is 0.231 e. The number of likely N-dealkylation sites (tertiary alicyclic amines) is 1. The maximum Gasteiger partial charge on any atom is 0.231 e. The minimum atomic E-state index is 0.0704. The van der Waals surface area contributed by atoms with Crippen LogP contribution < -0.4 is 9.47 Å². The number of piperazine rings is 1. The van der Waals surface area contributed by atoms with E-state index in [0.29, 0.717) is 19.9 Å². The van der Waals surface area contributed by atoms with Gasteiger partial charge in [-0.05, 0) is 30.5 Å². The molecule has 7 heteroatoms. The number of carbonyl (C=O) groups is 2. The normalized spacial score (nSPS) is 20.8. The summed E-state index contributed by atoms with van der Waals surface area (Å²) in [7, 11) is 0. The maximum atomic E-state index is 12.8. The van der Waals surface area contributed by atoms with E-state index in [-0.39, 0.29) is 17.7 Å². The lowest BCUT2D eigenvalue weighted by Crippen LogP contribution is -2.51. The summed E-state index contributed by atoms with van der Waals surface area (Å²) >= 11 is 0. The average molecular weight is 373 g/mol. The molecule has 4 rings (SSSR count). The van der Waals surface area contributed by atoms with E-state index in [9.17, 15) is 9.59 Å². The van der Waals surface area contributed by atoms with Crippen molar-refractivity contribution in [1.29, 1.82) is 0 Å². The number of fused-ring (bicyclic) bond motifs is 1. The van der Waals surface area contributed by atoms with Gasteiger partial charge in [-0.2, -0.15) is 0 Å². The fraction of sp³-hybridized carbons (Fsp3) is 0.600. The third kappa shape index (κ3) is 4.03. The quantitative estimate of drug-likeness (QED) is 0.800. The van der Waals surface area contributed by atoms with Crippen molar-refractivity contribution in [3.8, 4) is 11.5 Å². The Hall–Kier alpha value is -2.28. The van der Waals surface area contributed by atoms with E-state index in [1.165, 1.54) is 5.56 Å². The lowest BCUT2D eigenvalue weighted by molar-refractivity contribution is -0.141. The number of ether oxygens (including phenoxy) is 2. The standard InChI is InChI=1S/C20H27N3O4/c1-15(24)22-6-4-17(5-7-22)20(25)23-10-8-21(9-11-23)13-16-2-3-18-19(12-16)27-14-26-18/h2-3,12,17H,4-11,13-14H2,1H3. The van der Waals surface area contributed by atoms with E-state index in [0.717, 1.165) is 57.1 Å². The van der Waals surface area contributed by atoms with Crippen molar-refractivity contribution in [2.75, 3.05) is 46.1 Å². The molecule has 2 fully saturated rings. The molecule has 7 nitrogen and oxygen atoms in total. The molecule has 0 atom stereocenters. The van der Waals surface area contributed by atoms with Crippen LogP contribution >= 0.6 is 0 Å². The summed E-state index contributed by atoms with van der Waals surface area (Å²) in [6, 6.07) is 6.08. The Morgan fingerprint density at radius 1 is 0.963 bits per heavy atom. The van der Waals surface area contributed by atoms with Gasteiger partial charge >= 0.3 is 0 Å². The average Bonchev–Trinajstić information content (AvgIpc) is 3.16. The van der Waals surface area contributed by atoms with Crippen molar-refractivity contribution in [1.82, 2.24) is 14.7 Å². The summed E-state index contributed by atoms with van der Waals surface area (Å²) < 4.78 is 10.8. The van der Waals surface area contributed by atoms with Gasteiger partial charge < -0.3 is 19.3 Å². The number of hydrogen-bond donors (Lipinski definition) is 0. The van der Waals surface area contributed by atoms with Crippen LogP contribution in [0.3, 0.4) is 0 Å². The molecule has 0 spiro atoms. The molecule has 0 N–H and O–H groups in total. The summed E-state index contributed by atoms with van der Waals surface area (Å²) in [4.78, 5) is 30.5. The molecule has 146 valence electrons. The summed E-state index contributed by atoms with van der Waals surface area (Å²) in [5, 5.41) is 0. The topological polar surface area (TPSA) is 62.3 Å². The molecular formula is C20H27N3O4. The molecule has 0 bridgehead atoms. The highest BCUT2D eigenvalue weighted by Crippen LogP contribution is 2.33. The highest BCUT2D eigenvalue weighted by molar-refractivity contribution is 5.80. The van der Waals surface area contributed by atoms with Crippen molar-refractivity contribution in [2.45, 2.75) is 26.3 Å². The van der Waals surface area contributed by atoms with Crippen molar-refractivity contribution in [2.24, 2.45) is 5.92 Å². The van der Waals surface area contributed by atoms with E-state index >= 15 is 0 Å². The van der Waals surface area contributed by atoms with Crippen LogP contribution in [-0.2, 0) is 16.1 Å². The van der Waals surface area contributed by atoms with Crippen molar-refractivity contribution < 1.29 is 19.1 Å². The monoisotopic (exact) mass is 373 g/mol. The highest BCUT2D eigenvalue weighted by atomic mass is 16.7. The molecule has 0 aliphatic carbocycles. The molecule has 1 aromatic carbocycles. The first-order chi connectivity index (χ1) is 13.1. The molecule has 0 saturated carbocycles. The third-order valence-electron chi connectivity index (χ3n) is 5.82. The lowest BCUT2D eigenvalue weighted by Gasteiger charge is -2.38. The largest absolute Gasteiger partial charge is 0.454 e. The van der Waals surface area contributed by atoms with Gasteiger partial charge in [-0.25, -0.2) is 0 Å². The van der Waals surface area contributed by atoms with Gasteiger partial charge in [0.2, 0.25) is 18.6 Å². The number of nitrogens with zero attached hydrogens (tertiary/aromatic N) is 3. The Morgan fingerprint density at radius 2 is 1.67 bits per heavy atom. The van der Waals surface area contributed by atoms with Gasteiger partial charge in [-0.1, -0.05) is 6.07 Å². The van der Waals surface area contributed by atoms with Gasteiger partial charge in [-0.15, -0.1) is 0 Å². The molecule has 2 amide bonds. The number of benzene rings is 1. The minimum absolute atomic E-state index is 0.0704. The summed E-state index contributed by atoms with van der Waals surface area (Å²) in [6.45, 7) is 7.47. The minimum Gasteiger partial charge on any atom is -0.454 e. The van der Waals surface area contributed by atoms with Crippen molar-refractivity contribution in [3.05, 3.63) is 23.8 Å². The third-order valence-corrected chi connectivity index (χ3v) is 5.82. The van der Waals surface area contributed by atoms with E-state index < -0.39 is 0 Å². The SMILES string of the molecule is CC(=O)N1CCC(C(=O)N2CCN(Cc3ccc4c(c3)OCO4)CC2)CC1. The van der Waals surface area contributed by atoms with Crippen molar-refractivity contribution in [3.63, 3.8) is 0 Å². The van der Waals surface area contributed by atoms with Gasteiger partial charge in [0.1, 0.15) is 0 Å². The Bertz CT molecular complexity index is 707. The highest BCUT2D eigenvalue weighted by Gasteiger charge is 2.31. The number of carbonyl (C=O) groups excluding carboxylic acids is 2. The molecule has 3 aliphatic heterocycles. The van der Waals surface area contributed by atoms with E-state index in [2.05, 4.69) is 11.0 Å². The van der Waals surface area contributed by atoms with Crippen LogP contribution in [0.25, 0.3) is 0 Å². The number of hydrogen-bond acceptors (Lipinski definition) is 5. The molecule has 0 aromatic heterocycles. The molecule has 1 aromatic rings. The van der Waals surface area contributed by atoms with Crippen LogP contribution in [0.1, 0.15) is 25.3 Å². The Morgan fingerprint density at radius 3 is 2.37 bits per heavy atom. The van der Waals surface area contributed by atoms with Gasteiger partial charge in [0.25, 0.3) is 0 Å². The predicted molar refractivity (Wildman–Crippen MR) is 99.4 cm³/mol. The van der Waals surface area contributed by atoms with Crippen LogP contribution in [-0.4, -0.2) is 72.6 Å². The van der Waals surface area contributed by atoms with Gasteiger partial charge in [-0.3, -0.25) is 14.5 Å². The van der Waals surface area contributed by atoms with Crippen LogP contribution in [0.4, 0.5) is 0 Å². The number of rotatable bonds is 3. The van der Waals surface area contributed by atoms with Crippen LogP contribution in [0, 0.1) is 5.92 Å². The van der Waals surface area contributed by atoms with E-state index in [1.807, 2.05) is 21.9 Å². The number of piperidine rings is 1. The van der Waals surface area contributed by atoms with Crippen LogP contribution in [0.5, 0.6) is 11.5 Å². The van der Waals surface area contributed by atoms with E-state index in [1.54, 1.807) is 6.92 Å². The summed E-state index contributed by atoms with van der Waals surface area (Å²) in [5.74, 6) is 2.07. The van der Waals surface area contributed by atoms with Gasteiger partial charge in [0.15, 0.2) is 11.5 Å². The number of amides is 2. The first-order valence-electron chi connectivity index (χ1n) is 9.75. The lowest BCUT2D eigenvalue weighted by atomic mass is 9.95.